The van der Waals surface area contributed by atoms with Gasteiger partial charge in [-0.05, 0) is 12.1 Å². The van der Waals surface area contributed by atoms with Gasteiger partial charge in [0.1, 0.15) is 11.8 Å². The highest BCUT2D eigenvalue weighted by Gasteiger charge is 2.17. The zero-order chi connectivity index (χ0) is 11.0. The lowest BCUT2D eigenvalue weighted by Crippen LogP contribution is -1.99. The third-order valence-electron chi connectivity index (χ3n) is 2.04. The molecule has 0 atom stereocenters. The van der Waals surface area contributed by atoms with Gasteiger partial charge in [0.25, 0.3) is 0 Å². The fourth-order valence-electron chi connectivity index (χ4n) is 1.31. The Morgan fingerprint density at radius 2 is 2.27 bits per heavy atom. The first-order valence-electron chi connectivity index (χ1n) is 4.08. The predicted molar refractivity (Wildman–Crippen MR) is 52.5 cm³/mol. The van der Waals surface area contributed by atoms with E-state index in [1.807, 2.05) is 0 Å². The molecule has 0 aliphatic rings. The van der Waals surface area contributed by atoms with Gasteiger partial charge in [0.15, 0.2) is 11.4 Å². The summed E-state index contributed by atoms with van der Waals surface area (Å²) in [6.45, 7) is 0. The largest absolute Gasteiger partial charge is 0.465 e. The summed E-state index contributed by atoms with van der Waals surface area (Å²) in [7, 11) is 1.24. The van der Waals surface area contributed by atoms with Crippen molar-refractivity contribution < 1.29 is 18.3 Å². The van der Waals surface area contributed by atoms with Crippen molar-refractivity contribution in [2.24, 2.45) is 0 Å². The van der Waals surface area contributed by atoms with E-state index in [-0.39, 0.29) is 16.2 Å². The fourth-order valence-corrected chi connectivity index (χ4v) is 1.46. The van der Waals surface area contributed by atoms with Crippen molar-refractivity contribution in [3.8, 4) is 0 Å². The summed E-state index contributed by atoms with van der Waals surface area (Å²) in [5.74, 6) is -1.25. The number of carbonyl (C=O) groups is 1. The topological polar surface area (TPSA) is 39.4 Å². The van der Waals surface area contributed by atoms with Crippen LogP contribution >= 0.6 is 11.6 Å². The van der Waals surface area contributed by atoms with Crippen LogP contribution in [-0.4, -0.2) is 13.1 Å². The van der Waals surface area contributed by atoms with Crippen molar-refractivity contribution in [2.45, 2.75) is 0 Å². The van der Waals surface area contributed by atoms with Crippen molar-refractivity contribution in [3.05, 3.63) is 34.8 Å². The van der Waals surface area contributed by atoms with E-state index in [0.717, 1.165) is 6.26 Å². The SMILES string of the molecule is COC(=O)c1coc2c(F)c(Cl)ccc12. The molecule has 0 saturated heterocycles. The van der Waals surface area contributed by atoms with Crippen molar-refractivity contribution in [1.82, 2.24) is 0 Å². The second-order valence-electron chi connectivity index (χ2n) is 2.88. The predicted octanol–water partition coefficient (Wildman–Crippen LogP) is 3.01. The summed E-state index contributed by atoms with van der Waals surface area (Å²) in [5.41, 5.74) is 0.144. The van der Waals surface area contributed by atoms with Crippen LogP contribution in [0, 0.1) is 5.82 Å². The van der Waals surface area contributed by atoms with Crippen molar-refractivity contribution in [2.75, 3.05) is 7.11 Å². The van der Waals surface area contributed by atoms with Crippen LogP contribution in [0.4, 0.5) is 4.39 Å². The zero-order valence-electron chi connectivity index (χ0n) is 7.71. The molecule has 1 aromatic heterocycles. The molecule has 0 amide bonds. The van der Waals surface area contributed by atoms with Crippen LogP contribution in [0.1, 0.15) is 10.4 Å². The number of benzene rings is 1. The fraction of sp³-hybridized carbons (Fsp3) is 0.100. The van der Waals surface area contributed by atoms with Gasteiger partial charge in [0.05, 0.1) is 12.1 Å². The Labute approximate surface area is 89.4 Å². The van der Waals surface area contributed by atoms with Gasteiger partial charge in [0, 0.05) is 5.39 Å². The normalized spacial score (nSPS) is 10.6. The molecule has 0 unspecified atom stereocenters. The van der Waals surface area contributed by atoms with E-state index in [4.69, 9.17) is 16.0 Å². The number of carbonyl (C=O) groups excluding carboxylic acids is 1. The third-order valence-corrected chi connectivity index (χ3v) is 2.33. The standard InChI is InChI=1S/C10H6ClFO3/c1-14-10(13)6-4-15-9-5(6)2-3-7(11)8(9)12/h2-4H,1H3. The molecule has 0 radical (unpaired) electrons. The number of esters is 1. The number of hydrogen-bond acceptors (Lipinski definition) is 3. The Kier molecular flexibility index (Phi) is 2.36. The Morgan fingerprint density at radius 3 is 2.93 bits per heavy atom. The average Bonchev–Trinajstić information content (AvgIpc) is 2.66. The molecule has 0 fully saturated rings. The second kappa shape index (κ2) is 3.55. The van der Waals surface area contributed by atoms with Crippen LogP contribution in [0.2, 0.25) is 5.02 Å². The van der Waals surface area contributed by atoms with Gasteiger partial charge < -0.3 is 9.15 Å². The van der Waals surface area contributed by atoms with Gasteiger partial charge in [-0.15, -0.1) is 0 Å². The maximum atomic E-state index is 13.4. The van der Waals surface area contributed by atoms with E-state index < -0.39 is 11.8 Å². The minimum atomic E-state index is -0.677. The summed E-state index contributed by atoms with van der Waals surface area (Å²) in [6, 6.07) is 2.87. The molecule has 3 nitrogen and oxygen atoms in total. The molecule has 5 heteroatoms. The lowest BCUT2D eigenvalue weighted by atomic mass is 10.2. The first-order chi connectivity index (χ1) is 7.15. The molecule has 0 saturated carbocycles. The summed E-state index contributed by atoms with van der Waals surface area (Å²) in [5, 5.41) is 0.303. The van der Waals surface area contributed by atoms with E-state index >= 15 is 0 Å². The van der Waals surface area contributed by atoms with Gasteiger partial charge in [-0.2, -0.15) is 0 Å². The Balaban J connectivity index is 2.72. The number of methoxy groups -OCH3 is 1. The summed E-state index contributed by atoms with van der Waals surface area (Å²) in [4.78, 5) is 11.2. The van der Waals surface area contributed by atoms with E-state index in [2.05, 4.69) is 4.74 Å². The molecular weight excluding hydrogens is 223 g/mol. The monoisotopic (exact) mass is 228 g/mol. The highest BCUT2D eigenvalue weighted by molar-refractivity contribution is 6.31. The third kappa shape index (κ3) is 1.47. The zero-order valence-corrected chi connectivity index (χ0v) is 8.47. The minimum absolute atomic E-state index is 0.0390. The van der Waals surface area contributed by atoms with E-state index in [0.29, 0.717) is 5.39 Å². The summed E-state index contributed by atoms with van der Waals surface area (Å²) >= 11 is 5.56. The van der Waals surface area contributed by atoms with Crippen LogP contribution in [-0.2, 0) is 4.74 Å². The second-order valence-corrected chi connectivity index (χ2v) is 3.29. The van der Waals surface area contributed by atoms with Crippen LogP contribution in [0.5, 0.6) is 0 Å². The van der Waals surface area contributed by atoms with Gasteiger partial charge in [-0.25, -0.2) is 9.18 Å². The van der Waals surface area contributed by atoms with Crippen molar-refractivity contribution >= 4 is 28.5 Å². The number of rotatable bonds is 1. The van der Waals surface area contributed by atoms with Crippen LogP contribution < -0.4 is 0 Å². The maximum Gasteiger partial charge on any atom is 0.341 e. The van der Waals surface area contributed by atoms with Gasteiger partial charge in [-0.1, -0.05) is 11.6 Å². The van der Waals surface area contributed by atoms with Crippen LogP contribution in [0.25, 0.3) is 11.0 Å². The van der Waals surface area contributed by atoms with Crippen molar-refractivity contribution in [1.29, 1.82) is 0 Å². The molecule has 0 N–H and O–H groups in total. The molecular formula is C10H6ClFO3. The molecule has 15 heavy (non-hydrogen) atoms. The Hall–Kier alpha value is -1.55. The molecule has 0 aliphatic heterocycles. The van der Waals surface area contributed by atoms with Crippen molar-refractivity contribution in [3.63, 3.8) is 0 Å². The van der Waals surface area contributed by atoms with Gasteiger partial charge in [0.2, 0.25) is 0 Å². The number of furan rings is 1. The molecule has 1 heterocycles. The molecule has 2 aromatic rings. The lowest BCUT2D eigenvalue weighted by Gasteiger charge is -1.96. The molecule has 1 aromatic carbocycles. The molecule has 2 rings (SSSR count). The van der Waals surface area contributed by atoms with E-state index in [1.54, 1.807) is 0 Å². The highest BCUT2D eigenvalue weighted by Crippen LogP contribution is 2.28. The first kappa shape index (κ1) is 9.98. The minimum Gasteiger partial charge on any atom is -0.465 e. The van der Waals surface area contributed by atoms with E-state index in [9.17, 15) is 9.18 Å². The Bertz CT molecular complexity index is 533. The summed E-state index contributed by atoms with van der Waals surface area (Å²) < 4.78 is 22.8. The quantitative estimate of drug-likeness (QED) is 0.705. The molecule has 0 aliphatic carbocycles. The first-order valence-corrected chi connectivity index (χ1v) is 4.46. The smallest absolute Gasteiger partial charge is 0.341 e. The number of fused-ring (bicyclic) bond motifs is 1. The number of halogens is 2. The molecule has 0 spiro atoms. The van der Waals surface area contributed by atoms with Crippen LogP contribution in [0.15, 0.2) is 22.8 Å². The Morgan fingerprint density at radius 1 is 1.53 bits per heavy atom. The number of ether oxygens (including phenoxy) is 1. The van der Waals surface area contributed by atoms with E-state index in [1.165, 1.54) is 19.2 Å². The highest BCUT2D eigenvalue weighted by atomic mass is 35.5. The molecule has 0 bridgehead atoms. The van der Waals surface area contributed by atoms with Crippen LogP contribution in [0.3, 0.4) is 0 Å². The summed E-state index contributed by atoms with van der Waals surface area (Å²) in [6.07, 6.45) is 1.15. The maximum absolute atomic E-state index is 13.4. The average molecular weight is 229 g/mol. The number of hydrogen-bond donors (Lipinski definition) is 0. The molecule has 78 valence electrons. The lowest BCUT2D eigenvalue weighted by molar-refractivity contribution is 0.0602. The van der Waals surface area contributed by atoms with Gasteiger partial charge >= 0.3 is 5.97 Å². The van der Waals surface area contributed by atoms with Gasteiger partial charge in [-0.3, -0.25) is 0 Å².